The molecule has 38 heavy (non-hydrogen) atoms. The number of rotatable bonds is 6. The highest BCUT2D eigenvalue weighted by atomic mass is 19.3. The third-order valence-corrected chi connectivity index (χ3v) is 8.30. The first-order chi connectivity index (χ1) is 18.4. The highest BCUT2D eigenvalue weighted by molar-refractivity contribution is 5.96. The number of nitrogens with two attached hydrogens (primary N) is 1. The molecule has 2 unspecified atom stereocenters. The van der Waals surface area contributed by atoms with Gasteiger partial charge in [-0.15, -0.1) is 0 Å². The summed E-state index contributed by atoms with van der Waals surface area (Å²) < 4.78 is 33.8. The molecule has 2 aromatic carbocycles. The first-order valence-electron chi connectivity index (χ1n) is 12.8. The van der Waals surface area contributed by atoms with Gasteiger partial charge in [0.15, 0.2) is 0 Å². The van der Waals surface area contributed by atoms with Gasteiger partial charge in [0.2, 0.25) is 0 Å². The van der Waals surface area contributed by atoms with Crippen molar-refractivity contribution in [3.63, 3.8) is 0 Å². The fourth-order valence-corrected chi connectivity index (χ4v) is 6.14. The minimum Gasteiger partial charge on any atom is -0.434 e. The lowest BCUT2D eigenvalue weighted by Crippen LogP contribution is -2.44. The molecular weight excluding hydrogens is 490 g/mol. The average molecular weight is 517 g/mol. The molecule has 3 atom stereocenters. The Balaban J connectivity index is 1.35. The van der Waals surface area contributed by atoms with Gasteiger partial charge in [-0.05, 0) is 61.4 Å². The van der Waals surface area contributed by atoms with Crippen LogP contribution >= 0.6 is 0 Å². The van der Waals surface area contributed by atoms with Crippen LogP contribution in [-0.4, -0.2) is 39.1 Å². The van der Waals surface area contributed by atoms with Crippen LogP contribution in [-0.2, 0) is 5.54 Å². The molecule has 7 rings (SSSR count). The number of aromatic nitrogens is 4. The Morgan fingerprint density at radius 2 is 1.97 bits per heavy atom. The molecule has 0 spiro atoms. The molecular formula is C28H26F2N6O2. The Morgan fingerprint density at radius 3 is 2.66 bits per heavy atom. The lowest BCUT2D eigenvalue weighted by atomic mass is 9.77. The molecule has 0 bridgehead atoms. The number of ether oxygens (including phenoxy) is 1. The SMILES string of the molecule is CNC(=O)c1cccc(OC(F)F)c1[C@H]1C2CC2c2nc3ccc(-c4cnc(C5(N)CCC5)nc4)cc3n21. The highest BCUT2D eigenvalue weighted by Crippen LogP contribution is 2.63. The predicted octanol–water partition coefficient (Wildman–Crippen LogP) is 4.50. The molecule has 2 fully saturated rings. The summed E-state index contributed by atoms with van der Waals surface area (Å²) in [5, 5.41) is 2.63. The first-order valence-corrected chi connectivity index (χ1v) is 12.8. The van der Waals surface area contributed by atoms with Crippen LogP contribution in [0.1, 0.15) is 65.2 Å². The van der Waals surface area contributed by atoms with Gasteiger partial charge in [-0.3, -0.25) is 4.79 Å². The van der Waals surface area contributed by atoms with Crippen LogP contribution in [0.4, 0.5) is 8.78 Å². The van der Waals surface area contributed by atoms with Crippen molar-refractivity contribution < 1.29 is 18.3 Å². The van der Waals surface area contributed by atoms with Crippen LogP contribution < -0.4 is 15.8 Å². The van der Waals surface area contributed by atoms with Crippen LogP contribution in [0.3, 0.4) is 0 Å². The molecule has 2 aliphatic carbocycles. The molecule has 2 aromatic heterocycles. The lowest BCUT2D eigenvalue weighted by Gasteiger charge is -2.36. The van der Waals surface area contributed by atoms with Crippen molar-refractivity contribution in [1.82, 2.24) is 24.8 Å². The maximum Gasteiger partial charge on any atom is 0.387 e. The smallest absolute Gasteiger partial charge is 0.387 e. The van der Waals surface area contributed by atoms with Gasteiger partial charge in [0.1, 0.15) is 17.4 Å². The minimum atomic E-state index is -3.01. The number of alkyl halides is 2. The Morgan fingerprint density at radius 1 is 1.18 bits per heavy atom. The zero-order valence-corrected chi connectivity index (χ0v) is 20.7. The maximum absolute atomic E-state index is 13.4. The summed E-state index contributed by atoms with van der Waals surface area (Å²) >= 11 is 0. The van der Waals surface area contributed by atoms with E-state index < -0.39 is 12.2 Å². The largest absolute Gasteiger partial charge is 0.434 e. The van der Waals surface area contributed by atoms with E-state index in [2.05, 4.69) is 19.9 Å². The summed E-state index contributed by atoms with van der Waals surface area (Å²) in [6.07, 6.45) is 7.33. The van der Waals surface area contributed by atoms with E-state index in [1.807, 2.05) is 18.2 Å². The van der Waals surface area contributed by atoms with Crippen molar-refractivity contribution in [3.05, 3.63) is 71.6 Å². The maximum atomic E-state index is 13.4. The Bertz CT molecular complexity index is 1580. The summed E-state index contributed by atoms with van der Waals surface area (Å²) in [7, 11) is 1.52. The second kappa shape index (κ2) is 8.29. The normalized spacial score (nSPS) is 22.6. The molecule has 0 radical (unpaired) electrons. The van der Waals surface area contributed by atoms with E-state index in [1.54, 1.807) is 24.5 Å². The molecule has 10 heteroatoms. The summed E-state index contributed by atoms with van der Waals surface area (Å²) in [5.74, 6) is 1.59. The first kappa shape index (κ1) is 23.2. The number of nitrogens with zero attached hydrogens (tertiary/aromatic N) is 4. The van der Waals surface area contributed by atoms with Crippen molar-refractivity contribution in [1.29, 1.82) is 0 Å². The third kappa shape index (κ3) is 3.43. The van der Waals surface area contributed by atoms with E-state index in [4.69, 9.17) is 15.5 Å². The van der Waals surface area contributed by atoms with Crippen molar-refractivity contribution in [2.75, 3.05) is 7.05 Å². The third-order valence-electron chi connectivity index (χ3n) is 8.30. The second-order valence-corrected chi connectivity index (χ2v) is 10.5. The van der Waals surface area contributed by atoms with Crippen LogP contribution in [0.25, 0.3) is 22.2 Å². The minimum absolute atomic E-state index is 0.0123. The molecule has 2 saturated carbocycles. The number of amides is 1. The molecule has 3 aliphatic rings. The number of nitrogens with one attached hydrogen (secondary N) is 1. The lowest BCUT2D eigenvalue weighted by molar-refractivity contribution is -0.0508. The van der Waals surface area contributed by atoms with Gasteiger partial charge in [-0.2, -0.15) is 8.78 Å². The number of carbonyl (C=O) groups excluding carboxylic acids is 1. The van der Waals surface area contributed by atoms with Gasteiger partial charge in [-0.1, -0.05) is 12.1 Å². The summed E-state index contributed by atoms with van der Waals surface area (Å²) in [6.45, 7) is -3.01. The Hall–Kier alpha value is -3.92. The van der Waals surface area contributed by atoms with Crippen molar-refractivity contribution in [2.45, 2.75) is 49.8 Å². The summed E-state index contributed by atoms with van der Waals surface area (Å²) in [5.41, 5.74) is 10.2. The second-order valence-electron chi connectivity index (χ2n) is 10.5. The number of hydrogen-bond donors (Lipinski definition) is 2. The van der Waals surface area contributed by atoms with Crippen molar-refractivity contribution in [2.24, 2.45) is 11.7 Å². The topological polar surface area (TPSA) is 108 Å². The molecule has 0 saturated heterocycles. The van der Waals surface area contributed by atoms with E-state index in [0.29, 0.717) is 17.0 Å². The van der Waals surface area contributed by atoms with Gasteiger partial charge < -0.3 is 20.4 Å². The van der Waals surface area contributed by atoms with Gasteiger partial charge in [0.25, 0.3) is 5.91 Å². The van der Waals surface area contributed by atoms with Crippen LogP contribution in [0.2, 0.25) is 0 Å². The van der Waals surface area contributed by atoms with Crippen LogP contribution in [0, 0.1) is 5.92 Å². The van der Waals surface area contributed by atoms with Gasteiger partial charge in [-0.25, -0.2) is 15.0 Å². The number of benzene rings is 2. The quantitative estimate of drug-likeness (QED) is 0.391. The standard InChI is InChI=1S/C28H26F2N6O2/c1-32-25(37)16-4-2-5-21(38-27(29)30)22(16)23-17-11-18(17)24-35-19-7-6-14(10-20(19)36(23)24)15-12-33-26(34-13-15)28(31)8-3-9-28/h2,4-7,10,12-13,17-18,23,27H,3,8-9,11,31H2,1H3,(H,32,37)/t17?,18?,23-/m1/s1. The van der Waals surface area contributed by atoms with Crippen LogP contribution in [0.15, 0.2) is 48.8 Å². The summed E-state index contributed by atoms with van der Waals surface area (Å²) in [4.78, 5) is 26.8. The van der Waals surface area contributed by atoms with Gasteiger partial charge in [0.05, 0.1) is 22.6 Å². The van der Waals surface area contributed by atoms with Crippen molar-refractivity contribution in [3.8, 4) is 16.9 Å². The molecule has 3 N–H and O–H groups in total. The zero-order valence-electron chi connectivity index (χ0n) is 20.7. The number of imidazole rings is 1. The van der Waals surface area contributed by atoms with Crippen LogP contribution in [0.5, 0.6) is 5.75 Å². The fourth-order valence-electron chi connectivity index (χ4n) is 6.14. The Labute approximate surface area is 217 Å². The van der Waals surface area contributed by atoms with E-state index >= 15 is 0 Å². The predicted molar refractivity (Wildman–Crippen MR) is 136 cm³/mol. The molecule has 194 valence electrons. The molecule has 1 aliphatic heterocycles. The molecule has 1 amide bonds. The number of halogens is 2. The monoisotopic (exact) mass is 516 g/mol. The highest BCUT2D eigenvalue weighted by Gasteiger charge is 2.56. The average Bonchev–Trinajstić information content (AvgIpc) is 3.50. The molecule has 4 aromatic rings. The number of hydrogen-bond acceptors (Lipinski definition) is 6. The van der Waals surface area contributed by atoms with E-state index in [0.717, 1.165) is 53.7 Å². The van der Waals surface area contributed by atoms with Gasteiger partial charge >= 0.3 is 6.61 Å². The van der Waals surface area contributed by atoms with Crippen molar-refractivity contribution >= 4 is 16.9 Å². The van der Waals surface area contributed by atoms with E-state index in [1.165, 1.54) is 13.1 Å². The Kier molecular flexibility index (Phi) is 5.07. The zero-order chi connectivity index (χ0) is 26.2. The van der Waals surface area contributed by atoms with E-state index in [-0.39, 0.29) is 29.5 Å². The fraction of sp³-hybridized carbons (Fsp3) is 0.357. The summed E-state index contributed by atoms with van der Waals surface area (Å²) in [6, 6.07) is 10.3. The van der Waals surface area contributed by atoms with E-state index in [9.17, 15) is 13.6 Å². The number of fused-ring (bicyclic) bond motifs is 5. The molecule has 3 heterocycles. The molecule has 8 nitrogen and oxygen atoms in total. The van der Waals surface area contributed by atoms with Gasteiger partial charge in [0, 0.05) is 42.0 Å². The number of carbonyl (C=O) groups is 1.